The number of nitrogens with one attached hydrogen (secondary N) is 1. The van der Waals surface area contributed by atoms with E-state index in [0.29, 0.717) is 0 Å². The van der Waals surface area contributed by atoms with Gasteiger partial charge in [-0.3, -0.25) is 0 Å². The van der Waals surface area contributed by atoms with Gasteiger partial charge < -0.3 is 15.5 Å². The fourth-order valence-corrected chi connectivity index (χ4v) is 3.03. The minimum atomic E-state index is 0.750. The van der Waals surface area contributed by atoms with Crippen LogP contribution in [0.5, 0.6) is 5.75 Å². The molecule has 1 aliphatic carbocycles. The van der Waals surface area contributed by atoms with Crippen LogP contribution < -0.4 is 20.9 Å². The van der Waals surface area contributed by atoms with Crippen molar-refractivity contribution in [2.24, 2.45) is 5.92 Å². The van der Waals surface area contributed by atoms with Gasteiger partial charge in [-0.15, -0.1) is 0 Å². The van der Waals surface area contributed by atoms with Crippen LogP contribution in [-0.4, -0.2) is 19.7 Å². The third kappa shape index (κ3) is 3.13. The van der Waals surface area contributed by atoms with Gasteiger partial charge >= 0.3 is 0 Å². The number of hydrazine groups is 1. The molecule has 3 N–H and O–H groups in total. The first-order valence-electron chi connectivity index (χ1n) is 8.44. The number of nitrogens with two attached hydrogens (primary N) is 1. The van der Waals surface area contributed by atoms with E-state index in [1.807, 2.05) is 18.2 Å². The maximum absolute atomic E-state index is 6.22. The standard InChI is InChI=1S/C19H23N3O/c20-18-5-2-1-4-16(18)17-12-15(23-13-14-6-7-14)8-9-19(17)22-11-3-10-21-22/h1-2,4-5,8-9,12,14,21H,3,6-7,10-11,13,20H2. The Morgan fingerprint density at radius 1 is 1.13 bits per heavy atom. The molecule has 0 spiro atoms. The van der Waals surface area contributed by atoms with Crippen LogP contribution in [0.2, 0.25) is 0 Å². The zero-order chi connectivity index (χ0) is 15.6. The van der Waals surface area contributed by atoms with Crippen LogP contribution in [0.4, 0.5) is 11.4 Å². The van der Waals surface area contributed by atoms with E-state index in [2.05, 4.69) is 34.7 Å². The molecule has 4 heteroatoms. The average molecular weight is 309 g/mol. The summed E-state index contributed by atoms with van der Waals surface area (Å²) >= 11 is 0. The molecule has 0 atom stereocenters. The Morgan fingerprint density at radius 2 is 2.00 bits per heavy atom. The summed E-state index contributed by atoms with van der Waals surface area (Å²) in [6.07, 6.45) is 3.76. The van der Waals surface area contributed by atoms with Crippen molar-refractivity contribution in [3.8, 4) is 16.9 Å². The summed E-state index contributed by atoms with van der Waals surface area (Å²) in [7, 11) is 0. The smallest absolute Gasteiger partial charge is 0.120 e. The summed E-state index contributed by atoms with van der Waals surface area (Å²) in [6, 6.07) is 14.4. The second kappa shape index (κ2) is 6.13. The number of ether oxygens (including phenoxy) is 1. The first kappa shape index (κ1) is 14.4. The Hall–Kier alpha value is -2.20. The van der Waals surface area contributed by atoms with Gasteiger partial charge in [0, 0.05) is 29.9 Å². The maximum atomic E-state index is 6.22. The number of hydrogen-bond acceptors (Lipinski definition) is 4. The fourth-order valence-electron chi connectivity index (χ4n) is 3.03. The highest BCUT2D eigenvalue weighted by Crippen LogP contribution is 2.38. The van der Waals surface area contributed by atoms with Gasteiger partial charge in [0.2, 0.25) is 0 Å². The molecule has 1 heterocycles. The topological polar surface area (TPSA) is 50.5 Å². The highest BCUT2D eigenvalue weighted by atomic mass is 16.5. The van der Waals surface area contributed by atoms with Gasteiger partial charge in [0.05, 0.1) is 12.3 Å². The third-order valence-electron chi connectivity index (χ3n) is 4.55. The van der Waals surface area contributed by atoms with Gasteiger partial charge in [0.15, 0.2) is 0 Å². The molecule has 120 valence electrons. The molecule has 4 rings (SSSR count). The first-order valence-corrected chi connectivity index (χ1v) is 8.44. The quantitative estimate of drug-likeness (QED) is 0.831. The van der Waals surface area contributed by atoms with Crippen molar-refractivity contribution >= 4 is 11.4 Å². The van der Waals surface area contributed by atoms with Crippen LogP contribution in [0.25, 0.3) is 11.1 Å². The Morgan fingerprint density at radius 3 is 2.74 bits per heavy atom. The number of anilines is 2. The van der Waals surface area contributed by atoms with Crippen LogP contribution in [-0.2, 0) is 0 Å². The van der Waals surface area contributed by atoms with Crippen LogP contribution in [0, 0.1) is 5.92 Å². The Balaban J connectivity index is 1.71. The Bertz CT molecular complexity index is 691. The number of hydrogen-bond donors (Lipinski definition) is 2. The second-order valence-corrected chi connectivity index (χ2v) is 6.43. The highest BCUT2D eigenvalue weighted by Gasteiger charge is 2.23. The first-order chi connectivity index (χ1) is 11.3. The SMILES string of the molecule is Nc1ccccc1-c1cc(OCC2CC2)ccc1N1CCCN1. The zero-order valence-electron chi connectivity index (χ0n) is 13.3. The van der Waals surface area contributed by atoms with Crippen molar-refractivity contribution in [2.75, 3.05) is 30.4 Å². The third-order valence-corrected chi connectivity index (χ3v) is 4.55. The van der Waals surface area contributed by atoms with Crippen molar-refractivity contribution < 1.29 is 4.74 Å². The summed E-state index contributed by atoms with van der Waals surface area (Å²) < 4.78 is 5.97. The number of rotatable bonds is 5. The van der Waals surface area contributed by atoms with Gasteiger partial charge in [-0.1, -0.05) is 18.2 Å². The molecule has 2 aromatic rings. The van der Waals surface area contributed by atoms with Gasteiger partial charge in [-0.05, 0) is 49.4 Å². The molecule has 0 aromatic heterocycles. The molecular weight excluding hydrogens is 286 g/mol. The molecule has 1 saturated carbocycles. The second-order valence-electron chi connectivity index (χ2n) is 6.43. The molecule has 2 fully saturated rings. The van der Waals surface area contributed by atoms with Crippen molar-refractivity contribution in [1.29, 1.82) is 0 Å². The lowest BCUT2D eigenvalue weighted by Crippen LogP contribution is -2.30. The molecule has 0 bridgehead atoms. The minimum absolute atomic E-state index is 0.750. The van der Waals surface area contributed by atoms with E-state index in [0.717, 1.165) is 54.6 Å². The molecule has 0 radical (unpaired) electrons. The lowest BCUT2D eigenvalue weighted by atomic mass is 10.0. The van der Waals surface area contributed by atoms with Crippen LogP contribution in [0.1, 0.15) is 19.3 Å². The maximum Gasteiger partial charge on any atom is 0.120 e. The van der Waals surface area contributed by atoms with Gasteiger partial charge in [0.1, 0.15) is 5.75 Å². The normalized spacial score (nSPS) is 17.5. The van der Waals surface area contributed by atoms with Gasteiger partial charge in [-0.25, -0.2) is 5.43 Å². The lowest BCUT2D eigenvalue weighted by Gasteiger charge is -2.23. The van der Waals surface area contributed by atoms with E-state index in [-0.39, 0.29) is 0 Å². The molecule has 2 aliphatic rings. The minimum Gasteiger partial charge on any atom is -0.493 e. The number of para-hydroxylation sites is 1. The molecule has 1 aliphatic heterocycles. The van der Waals surface area contributed by atoms with Crippen LogP contribution >= 0.6 is 0 Å². The van der Waals surface area contributed by atoms with E-state index in [9.17, 15) is 0 Å². The molecule has 0 amide bonds. The molecule has 4 nitrogen and oxygen atoms in total. The predicted molar refractivity (Wildman–Crippen MR) is 94.5 cm³/mol. The lowest BCUT2D eigenvalue weighted by molar-refractivity contribution is 0.300. The summed E-state index contributed by atoms with van der Waals surface area (Å²) in [5, 5.41) is 2.21. The Labute approximate surface area is 137 Å². The zero-order valence-corrected chi connectivity index (χ0v) is 13.3. The van der Waals surface area contributed by atoms with E-state index in [1.54, 1.807) is 0 Å². The average Bonchev–Trinajstić information content (AvgIpc) is 3.25. The molecule has 2 aromatic carbocycles. The predicted octanol–water partition coefficient (Wildman–Crippen LogP) is 3.44. The number of nitrogen functional groups attached to an aromatic ring is 1. The monoisotopic (exact) mass is 309 g/mol. The summed E-state index contributed by atoms with van der Waals surface area (Å²) in [5.74, 6) is 1.68. The van der Waals surface area contributed by atoms with Crippen LogP contribution in [0.3, 0.4) is 0 Å². The van der Waals surface area contributed by atoms with Crippen molar-refractivity contribution in [3.63, 3.8) is 0 Å². The summed E-state index contributed by atoms with van der Waals surface area (Å²) in [5.41, 5.74) is 13.8. The number of nitrogens with zero attached hydrogens (tertiary/aromatic N) is 1. The fraction of sp³-hybridized carbons (Fsp3) is 0.368. The van der Waals surface area contributed by atoms with E-state index in [4.69, 9.17) is 10.5 Å². The largest absolute Gasteiger partial charge is 0.493 e. The molecule has 23 heavy (non-hydrogen) atoms. The Kier molecular flexibility index (Phi) is 3.83. The van der Waals surface area contributed by atoms with E-state index < -0.39 is 0 Å². The van der Waals surface area contributed by atoms with Crippen molar-refractivity contribution in [3.05, 3.63) is 42.5 Å². The molecule has 0 unspecified atom stereocenters. The van der Waals surface area contributed by atoms with Gasteiger partial charge in [0.25, 0.3) is 0 Å². The summed E-state index contributed by atoms with van der Waals surface area (Å²) in [4.78, 5) is 0. The van der Waals surface area contributed by atoms with E-state index in [1.165, 1.54) is 18.5 Å². The molecular formula is C19H23N3O. The van der Waals surface area contributed by atoms with Gasteiger partial charge in [-0.2, -0.15) is 0 Å². The summed E-state index contributed by atoms with van der Waals surface area (Å²) in [6.45, 7) is 2.86. The van der Waals surface area contributed by atoms with Crippen molar-refractivity contribution in [2.45, 2.75) is 19.3 Å². The van der Waals surface area contributed by atoms with Crippen LogP contribution in [0.15, 0.2) is 42.5 Å². The number of benzene rings is 2. The van der Waals surface area contributed by atoms with Crippen molar-refractivity contribution in [1.82, 2.24) is 5.43 Å². The molecule has 1 saturated heterocycles. The highest BCUT2D eigenvalue weighted by molar-refractivity contribution is 5.86. The van der Waals surface area contributed by atoms with E-state index >= 15 is 0 Å².